The smallest absolute Gasteiger partial charge is 0.0749 e. The van der Waals surface area contributed by atoms with Crippen LogP contribution in [0.15, 0.2) is 85.1 Å². The molecule has 0 bridgehead atoms. The lowest BCUT2D eigenvalue weighted by Crippen LogP contribution is -2.16. The first-order chi connectivity index (χ1) is 16.4. The molecule has 0 atom stereocenters. The van der Waals surface area contributed by atoms with Crippen LogP contribution in [0.5, 0.6) is 0 Å². The molecule has 0 spiro atoms. The van der Waals surface area contributed by atoms with Gasteiger partial charge in [0.25, 0.3) is 0 Å². The molecule has 0 aliphatic heterocycles. The van der Waals surface area contributed by atoms with E-state index in [-0.39, 0.29) is 5.41 Å². The van der Waals surface area contributed by atoms with Crippen molar-refractivity contribution in [3.05, 3.63) is 113 Å². The highest BCUT2D eigenvalue weighted by Crippen LogP contribution is 2.53. The van der Waals surface area contributed by atoms with Crippen LogP contribution >= 0.6 is 0 Å². The van der Waals surface area contributed by atoms with Crippen LogP contribution in [0.2, 0.25) is 0 Å². The van der Waals surface area contributed by atoms with Gasteiger partial charge in [-0.2, -0.15) is 0 Å². The predicted molar refractivity (Wildman–Crippen MR) is 144 cm³/mol. The first kappa shape index (κ1) is 20.9. The fourth-order valence-electron chi connectivity index (χ4n) is 6.20. The Kier molecular flexibility index (Phi) is 4.54. The minimum absolute atomic E-state index is 0.121. The Labute approximate surface area is 202 Å². The van der Waals surface area contributed by atoms with Crippen LogP contribution in [0.1, 0.15) is 41.7 Å². The molecule has 0 radical (unpaired) electrons. The number of aromatic nitrogens is 1. The summed E-state index contributed by atoms with van der Waals surface area (Å²) in [6, 6.07) is 29.0. The van der Waals surface area contributed by atoms with E-state index in [4.69, 9.17) is 4.98 Å². The van der Waals surface area contributed by atoms with Gasteiger partial charge in [-0.05, 0) is 88.2 Å². The molecule has 0 N–H and O–H groups in total. The summed E-state index contributed by atoms with van der Waals surface area (Å²) in [5.41, 5.74) is 14.1. The molecule has 166 valence electrons. The molecule has 4 aromatic carbocycles. The molecule has 0 amide bonds. The van der Waals surface area contributed by atoms with Crippen molar-refractivity contribution in [1.82, 2.24) is 4.98 Å². The number of pyridine rings is 1. The van der Waals surface area contributed by atoms with Crippen LogP contribution in [0.4, 0.5) is 0 Å². The van der Waals surface area contributed by atoms with Gasteiger partial charge in [0.15, 0.2) is 0 Å². The van der Waals surface area contributed by atoms with E-state index >= 15 is 0 Å². The van der Waals surface area contributed by atoms with Gasteiger partial charge >= 0.3 is 0 Å². The van der Waals surface area contributed by atoms with E-state index in [2.05, 4.69) is 113 Å². The van der Waals surface area contributed by atoms with Crippen molar-refractivity contribution >= 4 is 10.8 Å². The number of aryl methyl sites for hydroxylation is 3. The Bertz CT molecular complexity index is 1580. The lowest BCUT2D eigenvalue weighted by molar-refractivity contribution is 0.660. The molecule has 1 aromatic heterocycles. The zero-order valence-corrected chi connectivity index (χ0v) is 20.5. The third-order valence-corrected chi connectivity index (χ3v) is 7.55. The molecule has 0 fully saturated rings. The molecular weight excluding hydrogens is 410 g/mol. The van der Waals surface area contributed by atoms with Crippen molar-refractivity contribution in [3.8, 4) is 33.5 Å². The minimum Gasteiger partial charge on any atom is -0.256 e. The second kappa shape index (κ2) is 7.40. The van der Waals surface area contributed by atoms with Gasteiger partial charge in [0, 0.05) is 17.2 Å². The molecule has 1 heteroatoms. The summed E-state index contributed by atoms with van der Waals surface area (Å²) in [6.45, 7) is 11.3. The van der Waals surface area contributed by atoms with Crippen molar-refractivity contribution in [1.29, 1.82) is 0 Å². The molecule has 34 heavy (non-hydrogen) atoms. The summed E-state index contributed by atoms with van der Waals surface area (Å²) < 4.78 is 0. The fourth-order valence-corrected chi connectivity index (χ4v) is 6.20. The molecule has 0 saturated carbocycles. The van der Waals surface area contributed by atoms with Crippen LogP contribution in [0.3, 0.4) is 0 Å². The van der Waals surface area contributed by atoms with Gasteiger partial charge in [0.1, 0.15) is 0 Å². The van der Waals surface area contributed by atoms with Crippen molar-refractivity contribution in [3.63, 3.8) is 0 Å². The van der Waals surface area contributed by atoms with Gasteiger partial charge in [-0.1, -0.05) is 86.1 Å². The largest absolute Gasteiger partial charge is 0.256 e. The van der Waals surface area contributed by atoms with E-state index in [1.807, 2.05) is 6.20 Å². The molecule has 6 rings (SSSR count). The average Bonchev–Trinajstić information content (AvgIpc) is 3.06. The van der Waals surface area contributed by atoms with Gasteiger partial charge in [-0.25, -0.2) is 0 Å². The van der Waals surface area contributed by atoms with Crippen LogP contribution in [-0.4, -0.2) is 4.98 Å². The predicted octanol–water partition coefficient (Wildman–Crippen LogP) is 8.80. The number of hydrogen-bond acceptors (Lipinski definition) is 1. The molecule has 1 aliphatic carbocycles. The lowest BCUT2D eigenvalue weighted by Gasteiger charge is -2.24. The molecule has 5 aromatic rings. The Morgan fingerprint density at radius 1 is 0.676 bits per heavy atom. The standard InChI is InChI=1S/C33H29N/c1-20-17-21(2)29(22(3)18-20)24-10-8-11-25(19-24)32-31-27(15-16-34-32)30-26-12-7-6-9-23(26)13-14-28(30)33(31,4)5/h6-19H,1-5H3. The first-order valence-electron chi connectivity index (χ1n) is 12.1. The summed E-state index contributed by atoms with van der Waals surface area (Å²) in [6.07, 6.45) is 1.98. The zero-order valence-electron chi connectivity index (χ0n) is 20.5. The zero-order chi connectivity index (χ0) is 23.6. The van der Waals surface area contributed by atoms with E-state index in [1.54, 1.807) is 0 Å². The second-order valence-electron chi connectivity index (χ2n) is 10.3. The first-order valence-corrected chi connectivity index (χ1v) is 12.1. The molecule has 0 unspecified atom stereocenters. The number of fused-ring (bicyclic) bond motifs is 5. The number of nitrogens with zero attached hydrogens (tertiary/aromatic N) is 1. The SMILES string of the molecule is Cc1cc(C)c(-c2cccc(-c3nccc4c3C(C)(C)c3ccc5ccccc5c3-4)c2)c(C)c1. The normalized spacial score (nSPS) is 13.7. The van der Waals surface area contributed by atoms with E-state index in [0.29, 0.717) is 0 Å². The summed E-state index contributed by atoms with van der Waals surface area (Å²) in [7, 11) is 0. The summed E-state index contributed by atoms with van der Waals surface area (Å²) >= 11 is 0. The maximum atomic E-state index is 4.97. The van der Waals surface area contributed by atoms with Gasteiger partial charge < -0.3 is 0 Å². The van der Waals surface area contributed by atoms with Crippen molar-refractivity contribution in [2.24, 2.45) is 0 Å². The van der Waals surface area contributed by atoms with Crippen LogP contribution in [0, 0.1) is 20.8 Å². The Morgan fingerprint density at radius 2 is 1.41 bits per heavy atom. The number of hydrogen-bond donors (Lipinski definition) is 0. The van der Waals surface area contributed by atoms with Gasteiger partial charge in [-0.15, -0.1) is 0 Å². The van der Waals surface area contributed by atoms with E-state index < -0.39 is 0 Å². The minimum atomic E-state index is -0.121. The Hall–Kier alpha value is -3.71. The molecule has 1 heterocycles. The summed E-state index contributed by atoms with van der Waals surface area (Å²) in [5.74, 6) is 0. The number of benzene rings is 4. The molecule has 1 aliphatic rings. The quantitative estimate of drug-likeness (QED) is 0.268. The van der Waals surface area contributed by atoms with E-state index in [0.717, 1.165) is 5.69 Å². The third kappa shape index (κ3) is 2.97. The van der Waals surface area contributed by atoms with Crippen molar-refractivity contribution in [2.45, 2.75) is 40.0 Å². The van der Waals surface area contributed by atoms with Crippen LogP contribution in [0.25, 0.3) is 44.3 Å². The topological polar surface area (TPSA) is 12.9 Å². The van der Waals surface area contributed by atoms with Crippen LogP contribution < -0.4 is 0 Å². The van der Waals surface area contributed by atoms with Gasteiger partial charge in [0.05, 0.1) is 5.69 Å². The highest BCUT2D eigenvalue weighted by Gasteiger charge is 2.39. The van der Waals surface area contributed by atoms with E-state index in [1.165, 1.54) is 66.4 Å². The monoisotopic (exact) mass is 439 g/mol. The lowest BCUT2D eigenvalue weighted by atomic mass is 9.80. The highest BCUT2D eigenvalue weighted by atomic mass is 14.7. The summed E-state index contributed by atoms with van der Waals surface area (Å²) in [5, 5.41) is 2.61. The Balaban J connectivity index is 1.59. The summed E-state index contributed by atoms with van der Waals surface area (Å²) in [4.78, 5) is 4.97. The second-order valence-corrected chi connectivity index (χ2v) is 10.3. The third-order valence-electron chi connectivity index (χ3n) is 7.55. The van der Waals surface area contributed by atoms with Crippen LogP contribution in [-0.2, 0) is 5.41 Å². The van der Waals surface area contributed by atoms with Crippen molar-refractivity contribution in [2.75, 3.05) is 0 Å². The molecule has 0 saturated heterocycles. The fraction of sp³-hybridized carbons (Fsp3) is 0.182. The Morgan fingerprint density at radius 3 is 2.21 bits per heavy atom. The molecular formula is C33H29N. The molecule has 1 nitrogen and oxygen atoms in total. The van der Waals surface area contributed by atoms with E-state index in [9.17, 15) is 0 Å². The van der Waals surface area contributed by atoms with Gasteiger partial charge in [0.2, 0.25) is 0 Å². The maximum absolute atomic E-state index is 4.97. The van der Waals surface area contributed by atoms with Gasteiger partial charge in [-0.3, -0.25) is 4.98 Å². The number of rotatable bonds is 2. The highest BCUT2D eigenvalue weighted by molar-refractivity contribution is 6.03. The van der Waals surface area contributed by atoms with Crippen molar-refractivity contribution < 1.29 is 0 Å². The average molecular weight is 440 g/mol. The maximum Gasteiger partial charge on any atom is 0.0749 e.